The highest BCUT2D eigenvalue weighted by Crippen LogP contribution is 2.06. The summed E-state index contributed by atoms with van der Waals surface area (Å²) >= 11 is 0. The molecule has 0 spiro atoms. The highest BCUT2D eigenvalue weighted by molar-refractivity contribution is 5.07. The fraction of sp³-hybridized carbons (Fsp3) is 0.667. The highest BCUT2D eigenvalue weighted by Gasteiger charge is 2.00. The van der Waals surface area contributed by atoms with Crippen LogP contribution in [0.1, 0.15) is 45.0 Å². The van der Waals surface area contributed by atoms with Crippen LogP contribution in [0.2, 0.25) is 0 Å². The molecular formula is C12H20N2. The van der Waals surface area contributed by atoms with Crippen molar-refractivity contribution in [2.75, 3.05) is 0 Å². The summed E-state index contributed by atoms with van der Waals surface area (Å²) in [5.74, 6) is 0.658. The van der Waals surface area contributed by atoms with E-state index in [1.807, 2.05) is 0 Å². The monoisotopic (exact) mass is 192 g/mol. The zero-order valence-electron chi connectivity index (χ0n) is 9.45. The zero-order valence-corrected chi connectivity index (χ0v) is 9.45. The number of aryl methyl sites for hydroxylation is 1. The van der Waals surface area contributed by atoms with Gasteiger partial charge in [0.2, 0.25) is 0 Å². The first-order valence-electron chi connectivity index (χ1n) is 5.54. The van der Waals surface area contributed by atoms with E-state index in [1.54, 1.807) is 0 Å². The Bertz CT molecular complexity index is 252. The van der Waals surface area contributed by atoms with Gasteiger partial charge in [-0.25, -0.2) is 0 Å². The second-order valence-electron chi connectivity index (χ2n) is 4.22. The van der Waals surface area contributed by atoms with Crippen LogP contribution in [-0.2, 0) is 12.8 Å². The van der Waals surface area contributed by atoms with Crippen molar-refractivity contribution in [2.24, 2.45) is 5.92 Å². The molecule has 1 aromatic rings. The molecule has 1 rings (SSSR count). The molecule has 1 aromatic heterocycles. The Hall–Kier alpha value is -0.920. The van der Waals surface area contributed by atoms with Gasteiger partial charge in [-0.1, -0.05) is 27.2 Å². The van der Waals surface area contributed by atoms with Crippen molar-refractivity contribution < 1.29 is 0 Å². The van der Waals surface area contributed by atoms with Crippen LogP contribution in [0, 0.1) is 5.92 Å². The third kappa shape index (κ3) is 3.86. The van der Waals surface area contributed by atoms with Crippen molar-refractivity contribution in [3.63, 3.8) is 0 Å². The molecule has 0 saturated carbocycles. The number of nitrogens with zero attached hydrogens (tertiary/aromatic N) is 2. The Morgan fingerprint density at radius 2 is 1.79 bits per heavy atom. The Labute approximate surface area is 86.8 Å². The van der Waals surface area contributed by atoms with Crippen LogP contribution in [0.3, 0.4) is 0 Å². The molecule has 2 nitrogen and oxygen atoms in total. The molecule has 2 heteroatoms. The third-order valence-electron chi connectivity index (χ3n) is 2.18. The minimum absolute atomic E-state index is 0.658. The number of hydrogen-bond acceptors (Lipinski definition) is 2. The molecule has 0 unspecified atom stereocenters. The van der Waals surface area contributed by atoms with Gasteiger partial charge in [0.15, 0.2) is 0 Å². The summed E-state index contributed by atoms with van der Waals surface area (Å²) < 4.78 is 0. The first kappa shape index (κ1) is 11.2. The molecule has 0 aliphatic carbocycles. The van der Waals surface area contributed by atoms with Crippen molar-refractivity contribution in [1.82, 2.24) is 10.2 Å². The van der Waals surface area contributed by atoms with Crippen LogP contribution in [0.5, 0.6) is 0 Å². The van der Waals surface area contributed by atoms with Gasteiger partial charge in [-0.05, 0) is 37.3 Å². The predicted octanol–water partition coefficient (Wildman–Crippen LogP) is 3.02. The van der Waals surface area contributed by atoms with Gasteiger partial charge in [-0.15, -0.1) is 0 Å². The molecule has 0 aromatic carbocycles. The summed E-state index contributed by atoms with van der Waals surface area (Å²) in [5, 5.41) is 8.44. The minimum Gasteiger partial charge on any atom is -0.155 e. The maximum atomic E-state index is 4.22. The molecule has 0 bridgehead atoms. The largest absolute Gasteiger partial charge is 0.155 e. The van der Waals surface area contributed by atoms with Crippen LogP contribution in [0.15, 0.2) is 12.1 Å². The van der Waals surface area contributed by atoms with Gasteiger partial charge in [0.25, 0.3) is 0 Å². The van der Waals surface area contributed by atoms with E-state index in [9.17, 15) is 0 Å². The van der Waals surface area contributed by atoms with Crippen molar-refractivity contribution in [3.05, 3.63) is 23.5 Å². The van der Waals surface area contributed by atoms with E-state index in [0.717, 1.165) is 24.2 Å². The summed E-state index contributed by atoms with van der Waals surface area (Å²) in [7, 11) is 0. The van der Waals surface area contributed by atoms with E-state index >= 15 is 0 Å². The molecule has 0 aliphatic heterocycles. The predicted molar refractivity (Wildman–Crippen MR) is 59.2 cm³/mol. The summed E-state index contributed by atoms with van der Waals surface area (Å²) in [6.07, 6.45) is 4.51. The Morgan fingerprint density at radius 1 is 1.14 bits per heavy atom. The van der Waals surface area contributed by atoms with E-state index in [-0.39, 0.29) is 0 Å². The highest BCUT2D eigenvalue weighted by atomic mass is 15.1. The summed E-state index contributed by atoms with van der Waals surface area (Å²) in [6, 6.07) is 4.22. The van der Waals surface area contributed by atoms with Gasteiger partial charge >= 0.3 is 0 Å². The van der Waals surface area contributed by atoms with Gasteiger partial charge in [0.1, 0.15) is 0 Å². The van der Waals surface area contributed by atoms with E-state index in [0.29, 0.717) is 5.92 Å². The molecule has 0 aliphatic rings. The Kier molecular flexibility index (Phi) is 4.57. The normalized spacial score (nSPS) is 10.9. The van der Waals surface area contributed by atoms with Crippen molar-refractivity contribution in [3.8, 4) is 0 Å². The maximum absolute atomic E-state index is 4.22. The Balaban J connectivity index is 2.50. The summed E-state index contributed by atoms with van der Waals surface area (Å²) in [4.78, 5) is 0. The molecular weight excluding hydrogens is 172 g/mol. The topological polar surface area (TPSA) is 25.8 Å². The number of hydrogen-bond donors (Lipinski definition) is 0. The molecule has 0 atom stereocenters. The first-order valence-corrected chi connectivity index (χ1v) is 5.54. The lowest BCUT2D eigenvalue weighted by atomic mass is 10.1. The van der Waals surface area contributed by atoms with E-state index in [1.165, 1.54) is 12.8 Å². The number of unbranched alkanes of at least 4 members (excludes halogenated alkanes) is 1. The number of rotatable bonds is 5. The molecule has 0 radical (unpaired) electrons. The third-order valence-corrected chi connectivity index (χ3v) is 2.18. The summed E-state index contributed by atoms with van der Waals surface area (Å²) in [6.45, 7) is 6.60. The SMILES string of the molecule is CCCCc1ccc(CC(C)C)nn1. The standard InChI is InChI=1S/C12H20N2/c1-4-5-6-11-7-8-12(14-13-11)9-10(2)3/h7-8,10H,4-6,9H2,1-3H3. The van der Waals surface area contributed by atoms with Crippen LogP contribution >= 0.6 is 0 Å². The zero-order chi connectivity index (χ0) is 10.4. The fourth-order valence-electron chi connectivity index (χ4n) is 1.41. The average Bonchev–Trinajstić information content (AvgIpc) is 2.16. The lowest BCUT2D eigenvalue weighted by Crippen LogP contribution is -2.01. The van der Waals surface area contributed by atoms with Gasteiger partial charge in [-0.2, -0.15) is 10.2 Å². The van der Waals surface area contributed by atoms with Crippen molar-refractivity contribution >= 4 is 0 Å². The van der Waals surface area contributed by atoms with Gasteiger partial charge in [0, 0.05) is 0 Å². The van der Waals surface area contributed by atoms with E-state index in [2.05, 4.69) is 43.1 Å². The first-order chi connectivity index (χ1) is 6.72. The fourth-order valence-corrected chi connectivity index (χ4v) is 1.41. The summed E-state index contributed by atoms with van der Waals surface area (Å²) in [5.41, 5.74) is 2.24. The van der Waals surface area contributed by atoms with E-state index in [4.69, 9.17) is 0 Å². The Morgan fingerprint density at radius 3 is 2.29 bits per heavy atom. The van der Waals surface area contributed by atoms with Crippen LogP contribution in [0.25, 0.3) is 0 Å². The van der Waals surface area contributed by atoms with Gasteiger partial charge in [0.05, 0.1) is 11.4 Å². The van der Waals surface area contributed by atoms with Gasteiger partial charge in [-0.3, -0.25) is 0 Å². The average molecular weight is 192 g/mol. The molecule has 0 fully saturated rings. The molecule has 0 saturated heterocycles. The molecule has 0 N–H and O–H groups in total. The van der Waals surface area contributed by atoms with E-state index < -0.39 is 0 Å². The smallest absolute Gasteiger partial charge is 0.0633 e. The molecule has 0 amide bonds. The van der Waals surface area contributed by atoms with Gasteiger partial charge < -0.3 is 0 Å². The van der Waals surface area contributed by atoms with Crippen LogP contribution in [0.4, 0.5) is 0 Å². The molecule has 1 heterocycles. The second-order valence-corrected chi connectivity index (χ2v) is 4.22. The van der Waals surface area contributed by atoms with Crippen molar-refractivity contribution in [2.45, 2.75) is 46.5 Å². The van der Waals surface area contributed by atoms with Crippen molar-refractivity contribution in [1.29, 1.82) is 0 Å². The quantitative estimate of drug-likeness (QED) is 0.716. The minimum atomic E-state index is 0.658. The molecule has 78 valence electrons. The lowest BCUT2D eigenvalue weighted by Gasteiger charge is -2.03. The molecule has 14 heavy (non-hydrogen) atoms. The second kappa shape index (κ2) is 5.74. The number of aromatic nitrogens is 2. The lowest BCUT2D eigenvalue weighted by molar-refractivity contribution is 0.624. The maximum Gasteiger partial charge on any atom is 0.0633 e. The van der Waals surface area contributed by atoms with Crippen LogP contribution < -0.4 is 0 Å². The van der Waals surface area contributed by atoms with Crippen LogP contribution in [-0.4, -0.2) is 10.2 Å².